The molecule has 2 nitrogen and oxygen atoms in total. The van der Waals surface area contributed by atoms with Crippen LogP contribution in [-0.2, 0) is 0 Å². The SMILES string of the molecule is N[C@H]1C2CC[N]([AlH2])CC23CCC13. The fourth-order valence-electron chi connectivity index (χ4n) is 4.00. The molecule has 1 aliphatic heterocycles. The highest BCUT2D eigenvalue weighted by Gasteiger charge is 2.65. The van der Waals surface area contributed by atoms with Gasteiger partial charge in [-0.1, -0.05) is 0 Å². The number of hydrogen-bond donors (Lipinski definition) is 1. The summed E-state index contributed by atoms with van der Waals surface area (Å²) in [6.45, 7) is 2.72. The third kappa shape index (κ3) is 0.703. The molecule has 66 valence electrons. The fourth-order valence-corrected chi connectivity index (χ4v) is 4.84. The lowest BCUT2D eigenvalue weighted by molar-refractivity contribution is -0.188. The van der Waals surface area contributed by atoms with E-state index in [2.05, 4.69) is 3.88 Å². The van der Waals surface area contributed by atoms with Crippen molar-refractivity contribution >= 4 is 16.5 Å². The van der Waals surface area contributed by atoms with Gasteiger partial charge in [0.25, 0.3) is 0 Å². The first-order valence-corrected chi connectivity index (χ1v) is 6.08. The highest BCUT2D eigenvalue weighted by Crippen LogP contribution is 2.66. The summed E-state index contributed by atoms with van der Waals surface area (Å²) in [7, 11) is 0. The predicted octanol–water partition coefficient (Wildman–Crippen LogP) is -0.406. The van der Waals surface area contributed by atoms with E-state index in [1.54, 1.807) is 0 Å². The van der Waals surface area contributed by atoms with Crippen LogP contribution >= 0.6 is 0 Å². The Labute approximate surface area is 82.1 Å². The Morgan fingerprint density at radius 3 is 2.75 bits per heavy atom. The zero-order valence-electron chi connectivity index (χ0n) is 7.79. The number of hydrogen-bond acceptors (Lipinski definition) is 2. The number of rotatable bonds is 0. The van der Waals surface area contributed by atoms with Crippen molar-refractivity contribution in [2.24, 2.45) is 23.0 Å². The summed E-state index contributed by atoms with van der Waals surface area (Å²) >= 11 is 1.26. The van der Waals surface area contributed by atoms with E-state index in [0.29, 0.717) is 6.04 Å². The molecule has 1 spiro atoms. The monoisotopic (exact) mass is 180 g/mol. The first-order valence-electron chi connectivity index (χ1n) is 5.18. The van der Waals surface area contributed by atoms with Gasteiger partial charge in [-0.25, -0.2) is 0 Å². The summed E-state index contributed by atoms with van der Waals surface area (Å²) in [4.78, 5) is 0. The van der Waals surface area contributed by atoms with Gasteiger partial charge in [0.15, 0.2) is 0 Å². The second kappa shape index (κ2) is 2.27. The molecular formula is C9H17AlN2. The molecule has 3 fully saturated rings. The smallest absolute Gasteiger partial charge is 0.321 e. The molecule has 1 heterocycles. The van der Waals surface area contributed by atoms with Crippen molar-refractivity contribution in [1.82, 2.24) is 3.88 Å². The van der Waals surface area contributed by atoms with E-state index < -0.39 is 0 Å². The fraction of sp³-hybridized carbons (Fsp3) is 1.00. The van der Waals surface area contributed by atoms with E-state index >= 15 is 0 Å². The van der Waals surface area contributed by atoms with Gasteiger partial charge in [0.1, 0.15) is 0 Å². The van der Waals surface area contributed by atoms with Gasteiger partial charge in [-0.3, -0.25) is 0 Å². The van der Waals surface area contributed by atoms with Crippen LogP contribution in [0.4, 0.5) is 0 Å². The predicted molar refractivity (Wildman–Crippen MR) is 51.4 cm³/mol. The van der Waals surface area contributed by atoms with Crippen molar-refractivity contribution in [3.05, 3.63) is 0 Å². The van der Waals surface area contributed by atoms with Gasteiger partial charge >= 0.3 is 16.5 Å². The molecule has 3 rings (SSSR count). The maximum Gasteiger partial charge on any atom is 0.321 e. The van der Waals surface area contributed by atoms with Crippen LogP contribution in [0, 0.1) is 17.3 Å². The summed E-state index contributed by atoms with van der Waals surface area (Å²) in [5.41, 5.74) is 6.89. The molecule has 2 aliphatic carbocycles. The Bertz CT molecular complexity index is 221. The first-order chi connectivity index (χ1) is 5.74. The maximum absolute atomic E-state index is 6.15. The summed E-state index contributed by atoms with van der Waals surface area (Å²) in [6, 6.07) is 0.578. The van der Waals surface area contributed by atoms with Crippen LogP contribution in [0.5, 0.6) is 0 Å². The lowest BCUT2D eigenvalue weighted by atomic mass is 9.38. The van der Waals surface area contributed by atoms with Gasteiger partial charge in [-0.05, 0) is 49.6 Å². The quantitative estimate of drug-likeness (QED) is 0.514. The Morgan fingerprint density at radius 2 is 2.08 bits per heavy atom. The van der Waals surface area contributed by atoms with E-state index in [-0.39, 0.29) is 0 Å². The number of piperidine rings is 1. The van der Waals surface area contributed by atoms with Gasteiger partial charge in [0, 0.05) is 6.04 Å². The number of nitrogens with zero attached hydrogens (tertiary/aromatic N) is 1. The Kier molecular flexibility index (Phi) is 1.48. The van der Waals surface area contributed by atoms with Crippen molar-refractivity contribution < 1.29 is 0 Å². The molecule has 2 N–H and O–H groups in total. The standard InChI is InChI=1S/C9H15N2.Al.2H/c10-8-6-1-3-9(6)5-11-4-2-7(8)9;;;/h6-8H,1-5,10H2;;;/q-1;+1;;/t6?,7?,8-,9?;;;/m1.../s1. The molecule has 3 aliphatic rings. The topological polar surface area (TPSA) is 29.3 Å². The average molecular weight is 180 g/mol. The van der Waals surface area contributed by atoms with Gasteiger partial charge in [-0.2, -0.15) is 0 Å². The molecule has 4 atom stereocenters. The zero-order valence-corrected chi connectivity index (χ0v) is 9.79. The molecule has 0 aromatic rings. The van der Waals surface area contributed by atoms with Crippen LogP contribution < -0.4 is 5.73 Å². The average Bonchev–Trinajstić information content (AvgIpc) is 2.02. The van der Waals surface area contributed by atoms with Gasteiger partial charge in [-0.15, -0.1) is 0 Å². The summed E-state index contributed by atoms with van der Waals surface area (Å²) in [5.74, 6) is 1.82. The van der Waals surface area contributed by atoms with Gasteiger partial charge in [0.2, 0.25) is 0 Å². The van der Waals surface area contributed by atoms with E-state index in [0.717, 1.165) is 17.3 Å². The molecule has 0 bridgehead atoms. The Hall–Kier alpha value is 0.452. The normalized spacial score (nSPS) is 57.9. The highest BCUT2D eigenvalue weighted by atomic mass is 27.1. The molecule has 2 saturated carbocycles. The van der Waals surface area contributed by atoms with Crippen molar-refractivity contribution in [3.8, 4) is 0 Å². The minimum atomic E-state index is 0.578. The Balaban J connectivity index is 1.84. The molecule has 0 aromatic carbocycles. The first kappa shape index (κ1) is 7.82. The van der Waals surface area contributed by atoms with Crippen LogP contribution in [-0.4, -0.2) is 39.5 Å². The van der Waals surface area contributed by atoms with Crippen molar-refractivity contribution in [2.75, 3.05) is 13.1 Å². The minimum absolute atomic E-state index is 0.578. The molecule has 12 heavy (non-hydrogen) atoms. The molecule has 3 heteroatoms. The van der Waals surface area contributed by atoms with E-state index in [1.807, 2.05) is 0 Å². The lowest BCUT2D eigenvalue weighted by Gasteiger charge is -2.71. The van der Waals surface area contributed by atoms with Crippen LogP contribution in [0.3, 0.4) is 0 Å². The lowest BCUT2D eigenvalue weighted by Crippen LogP contribution is -2.74. The van der Waals surface area contributed by atoms with Crippen LogP contribution in [0.1, 0.15) is 19.3 Å². The van der Waals surface area contributed by atoms with E-state index in [1.165, 1.54) is 48.9 Å². The molecule has 3 unspecified atom stereocenters. The van der Waals surface area contributed by atoms with Crippen molar-refractivity contribution in [1.29, 1.82) is 0 Å². The van der Waals surface area contributed by atoms with Crippen LogP contribution in [0.2, 0.25) is 0 Å². The second-order valence-corrected chi connectivity index (χ2v) is 6.35. The molecule has 0 amide bonds. The van der Waals surface area contributed by atoms with E-state index in [4.69, 9.17) is 5.73 Å². The minimum Gasteiger partial charge on any atom is -0.390 e. The molecule has 0 radical (unpaired) electrons. The molecule has 0 aromatic heterocycles. The van der Waals surface area contributed by atoms with Crippen molar-refractivity contribution in [2.45, 2.75) is 25.3 Å². The molecule has 1 saturated heterocycles. The van der Waals surface area contributed by atoms with Crippen molar-refractivity contribution in [3.63, 3.8) is 0 Å². The zero-order chi connectivity index (χ0) is 8.34. The summed E-state index contributed by atoms with van der Waals surface area (Å²) < 4.78 is 2.63. The van der Waals surface area contributed by atoms with Crippen LogP contribution in [0.15, 0.2) is 0 Å². The Morgan fingerprint density at radius 1 is 1.33 bits per heavy atom. The van der Waals surface area contributed by atoms with E-state index in [9.17, 15) is 0 Å². The third-order valence-corrected chi connectivity index (χ3v) is 5.48. The van der Waals surface area contributed by atoms with Crippen LogP contribution in [0.25, 0.3) is 0 Å². The maximum atomic E-state index is 6.15. The summed E-state index contributed by atoms with van der Waals surface area (Å²) in [5, 5.41) is 0. The van der Waals surface area contributed by atoms with Gasteiger partial charge < -0.3 is 9.62 Å². The third-order valence-electron chi connectivity index (χ3n) is 4.71. The van der Waals surface area contributed by atoms with Gasteiger partial charge in [0.05, 0.1) is 0 Å². The number of nitrogens with two attached hydrogens (primary N) is 1. The highest BCUT2D eigenvalue weighted by molar-refractivity contribution is 6.04. The second-order valence-electron chi connectivity index (χ2n) is 5.09. The molecular weight excluding hydrogens is 163 g/mol. The summed E-state index contributed by atoms with van der Waals surface area (Å²) in [6.07, 6.45) is 4.29. The largest absolute Gasteiger partial charge is 0.390 e.